The van der Waals surface area contributed by atoms with E-state index in [4.69, 9.17) is 0 Å². The van der Waals surface area contributed by atoms with Gasteiger partial charge in [0.2, 0.25) is 15.7 Å². The van der Waals surface area contributed by atoms with Crippen LogP contribution >= 0.6 is 0 Å². The number of aromatic nitrogens is 2. The van der Waals surface area contributed by atoms with E-state index in [1.165, 1.54) is 24.5 Å². The maximum atomic E-state index is 13.0. The topological polar surface area (TPSA) is 118 Å². The third-order valence-electron chi connectivity index (χ3n) is 4.29. The van der Waals surface area contributed by atoms with Gasteiger partial charge in [0.1, 0.15) is 16.5 Å². The van der Waals surface area contributed by atoms with Crippen LogP contribution in [-0.4, -0.2) is 35.8 Å². The first kappa shape index (κ1) is 20.8. The van der Waals surface area contributed by atoms with Gasteiger partial charge in [0, 0.05) is 30.8 Å². The van der Waals surface area contributed by atoms with E-state index < -0.39 is 20.5 Å². The van der Waals surface area contributed by atoms with Crippen molar-refractivity contribution in [2.45, 2.75) is 36.8 Å². The number of ketones is 1. The maximum Gasteiger partial charge on any atom is 0.341 e. The summed E-state index contributed by atoms with van der Waals surface area (Å²) in [6.45, 7) is 1.63. The monoisotopic (exact) mass is 424 g/mol. The molecule has 0 bridgehead atoms. The lowest BCUT2D eigenvalue weighted by Gasteiger charge is -2.15. The fourth-order valence-electron chi connectivity index (χ4n) is 2.55. The lowest BCUT2D eigenvalue weighted by atomic mass is 10.1. The largest absolute Gasteiger partial charge is 0.341 e. The Morgan fingerprint density at radius 2 is 2.00 bits per heavy atom. The van der Waals surface area contributed by atoms with Crippen molar-refractivity contribution in [3.8, 4) is 0 Å². The normalized spacial score (nSPS) is 13.9. The Kier molecular flexibility index (Phi) is 5.87. The molecule has 2 N–H and O–H groups in total. The van der Waals surface area contributed by atoms with Gasteiger partial charge < -0.3 is 10.6 Å². The number of nitrogens with zero attached hydrogens (tertiary/aromatic N) is 2. The third-order valence-corrected chi connectivity index (χ3v) is 5.70. The molecule has 3 rings (SSSR count). The zero-order valence-electron chi connectivity index (χ0n) is 15.4. The summed E-state index contributed by atoms with van der Waals surface area (Å²) in [5, 5.41) is 5.26. The molecular formula is C18H18F2N4O4S. The van der Waals surface area contributed by atoms with Gasteiger partial charge in [-0.1, -0.05) is 6.92 Å². The Labute approximate surface area is 165 Å². The van der Waals surface area contributed by atoms with Crippen LogP contribution in [0.5, 0.6) is 0 Å². The van der Waals surface area contributed by atoms with Crippen LogP contribution in [0.25, 0.3) is 0 Å². The minimum absolute atomic E-state index is 0.0799. The molecule has 2 heterocycles. The molecule has 0 unspecified atom stereocenters. The highest BCUT2D eigenvalue weighted by atomic mass is 32.2. The van der Waals surface area contributed by atoms with E-state index in [2.05, 4.69) is 20.6 Å². The number of carbonyl (C=O) groups is 2. The van der Waals surface area contributed by atoms with E-state index in [1.54, 1.807) is 6.92 Å². The number of alkyl halides is 2. The van der Waals surface area contributed by atoms with Crippen LogP contribution in [0.1, 0.15) is 36.5 Å². The molecule has 0 spiro atoms. The van der Waals surface area contributed by atoms with Crippen molar-refractivity contribution in [2.24, 2.45) is 5.92 Å². The van der Waals surface area contributed by atoms with Crippen LogP contribution in [0.15, 0.2) is 35.5 Å². The predicted octanol–water partition coefficient (Wildman–Crippen LogP) is 3.16. The summed E-state index contributed by atoms with van der Waals surface area (Å²) in [6, 6.07) is 3.55. The van der Waals surface area contributed by atoms with Crippen LogP contribution in [-0.2, 0) is 14.6 Å². The SMILES string of the molecule is CCC(=O)c1cnc(NC(=O)C2CC2)cc1Nc1ncccc1S(=O)(=O)C(F)F. The van der Waals surface area contributed by atoms with Gasteiger partial charge in [0.15, 0.2) is 5.78 Å². The highest BCUT2D eigenvalue weighted by molar-refractivity contribution is 7.91. The molecule has 2 aromatic heterocycles. The molecule has 1 amide bonds. The zero-order valence-corrected chi connectivity index (χ0v) is 16.2. The Balaban J connectivity index is 2.01. The van der Waals surface area contributed by atoms with E-state index in [-0.39, 0.29) is 46.9 Å². The van der Waals surface area contributed by atoms with Gasteiger partial charge in [0.05, 0.1) is 11.3 Å². The smallest absolute Gasteiger partial charge is 0.338 e. The van der Waals surface area contributed by atoms with E-state index in [9.17, 15) is 26.8 Å². The van der Waals surface area contributed by atoms with Crippen LogP contribution in [0, 0.1) is 5.92 Å². The van der Waals surface area contributed by atoms with Gasteiger partial charge in [-0.25, -0.2) is 18.4 Å². The van der Waals surface area contributed by atoms with Crippen LogP contribution < -0.4 is 10.6 Å². The number of amides is 1. The molecule has 0 aliphatic heterocycles. The molecule has 8 nitrogen and oxygen atoms in total. The van der Waals surface area contributed by atoms with Crippen LogP contribution in [0.3, 0.4) is 0 Å². The molecule has 0 saturated heterocycles. The van der Waals surface area contributed by atoms with E-state index in [0.29, 0.717) is 0 Å². The lowest BCUT2D eigenvalue weighted by molar-refractivity contribution is -0.117. The van der Waals surface area contributed by atoms with Gasteiger partial charge in [-0.3, -0.25) is 9.59 Å². The average molecular weight is 424 g/mol. The van der Waals surface area contributed by atoms with E-state index in [1.807, 2.05) is 0 Å². The molecule has 0 aromatic carbocycles. The van der Waals surface area contributed by atoms with Gasteiger partial charge in [0.25, 0.3) is 0 Å². The molecule has 29 heavy (non-hydrogen) atoms. The third kappa shape index (κ3) is 4.56. The first-order valence-corrected chi connectivity index (χ1v) is 10.4. The fraction of sp³-hybridized carbons (Fsp3) is 0.333. The number of Topliss-reactive ketones (excluding diaryl/α,β-unsaturated/α-hetero) is 1. The Hall–Kier alpha value is -2.95. The standard InChI is InChI=1S/C18H18F2N4O4S/c1-2-13(25)11-9-22-15(24-17(26)10-5-6-10)8-12(11)23-16-14(4-3-7-21-16)29(27,28)18(19)20/h3-4,7-10,18H,2,5-6H2,1H3,(H2,21,22,23,24,26). The Bertz CT molecular complexity index is 1060. The second-order valence-electron chi connectivity index (χ2n) is 6.44. The Morgan fingerprint density at radius 1 is 1.28 bits per heavy atom. The highest BCUT2D eigenvalue weighted by Crippen LogP contribution is 2.32. The predicted molar refractivity (Wildman–Crippen MR) is 101 cm³/mol. The number of nitrogens with one attached hydrogen (secondary N) is 2. The summed E-state index contributed by atoms with van der Waals surface area (Å²) in [5.41, 5.74) is 0.213. The van der Waals surface area contributed by atoms with Crippen molar-refractivity contribution in [1.82, 2.24) is 9.97 Å². The minimum atomic E-state index is -4.93. The molecule has 1 aliphatic carbocycles. The lowest BCUT2D eigenvalue weighted by Crippen LogP contribution is -2.16. The molecular weight excluding hydrogens is 406 g/mol. The maximum absolute atomic E-state index is 13.0. The zero-order chi connectivity index (χ0) is 21.2. The van der Waals surface area contributed by atoms with Gasteiger partial charge >= 0.3 is 5.76 Å². The van der Waals surface area contributed by atoms with Crippen molar-refractivity contribution in [1.29, 1.82) is 0 Å². The molecule has 1 saturated carbocycles. The second kappa shape index (κ2) is 8.19. The average Bonchev–Trinajstić information content (AvgIpc) is 3.53. The Morgan fingerprint density at radius 3 is 2.62 bits per heavy atom. The molecule has 11 heteroatoms. The molecule has 1 aliphatic rings. The number of rotatable bonds is 8. The number of hydrogen-bond donors (Lipinski definition) is 2. The van der Waals surface area contributed by atoms with E-state index in [0.717, 1.165) is 18.9 Å². The van der Waals surface area contributed by atoms with Crippen molar-refractivity contribution >= 4 is 38.9 Å². The number of hydrogen-bond acceptors (Lipinski definition) is 7. The highest BCUT2D eigenvalue weighted by Gasteiger charge is 2.31. The van der Waals surface area contributed by atoms with Crippen molar-refractivity contribution in [3.05, 3.63) is 36.2 Å². The quantitative estimate of drug-likeness (QED) is 0.625. The second-order valence-corrected chi connectivity index (χ2v) is 8.32. The molecule has 1 fully saturated rings. The fourth-order valence-corrected chi connectivity index (χ4v) is 3.38. The van der Waals surface area contributed by atoms with Gasteiger partial charge in [-0.2, -0.15) is 8.78 Å². The number of anilines is 3. The summed E-state index contributed by atoms with van der Waals surface area (Å²) in [7, 11) is -4.93. The van der Waals surface area contributed by atoms with E-state index >= 15 is 0 Å². The number of carbonyl (C=O) groups excluding carboxylic acids is 2. The number of halogens is 2. The molecule has 154 valence electrons. The molecule has 2 aromatic rings. The summed E-state index contributed by atoms with van der Waals surface area (Å²) in [5.74, 6) is -4.44. The summed E-state index contributed by atoms with van der Waals surface area (Å²) < 4.78 is 49.9. The summed E-state index contributed by atoms with van der Waals surface area (Å²) >= 11 is 0. The van der Waals surface area contributed by atoms with Gasteiger partial charge in [-0.05, 0) is 25.0 Å². The molecule has 0 atom stereocenters. The van der Waals surface area contributed by atoms with Crippen LogP contribution in [0.2, 0.25) is 0 Å². The van der Waals surface area contributed by atoms with Gasteiger partial charge in [-0.15, -0.1) is 0 Å². The number of pyridine rings is 2. The first-order valence-electron chi connectivity index (χ1n) is 8.82. The van der Waals surface area contributed by atoms with Crippen molar-refractivity contribution in [3.63, 3.8) is 0 Å². The summed E-state index contributed by atoms with van der Waals surface area (Å²) in [4.78, 5) is 31.4. The molecule has 0 radical (unpaired) electrons. The number of sulfone groups is 1. The first-order chi connectivity index (χ1) is 13.7. The van der Waals surface area contributed by atoms with Crippen LogP contribution in [0.4, 0.5) is 26.1 Å². The van der Waals surface area contributed by atoms with Crippen molar-refractivity contribution < 1.29 is 26.8 Å². The van der Waals surface area contributed by atoms with Crippen molar-refractivity contribution in [2.75, 3.05) is 10.6 Å². The minimum Gasteiger partial charge on any atom is -0.338 e. The summed E-state index contributed by atoms with van der Waals surface area (Å²) in [6.07, 6.45) is 4.17.